The monoisotopic (exact) mass is 309 g/mol. The van der Waals surface area contributed by atoms with E-state index in [-0.39, 0.29) is 23.8 Å². The van der Waals surface area contributed by atoms with Gasteiger partial charge in [-0.1, -0.05) is 20.3 Å². The predicted molar refractivity (Wildman–Crippen MR) is 84.7 cm³/mol. The molecule has 0 spiro atoms. The molecule has 1 aliphatic heterocycles. The van der Waals surface area contributed by atoms with Crippen molar-refractivity contribution in [2.24, 2.45) is 11.8 Å². The number of hydrogen-bond donors (Lipinski definition) is 1. The maximum absolute atomic E-state index is 12.4. The van der Waals surface area contributed by atoms with E-state index < -0.39 is 0 Å². The van der Waals surface area contributed by atoms with Crippen molar-refractivity contribution in [3.63, 3.8) is 0 Å². The van der Waals surface area contributed by atoms with Crippen LogP contribution in [0.25, 0.3) is 0 Å². The molecule has 1 rings (SSSR count). The highest BCUT2D eigenvalue weighted by Gasteiger charge is 2.39. The second kappa shape index (κ2) is 8.01. The molecule has 0 saturated carbocycles. The van der Waals surface area contributed by atoms with Crippen LogP contribution in [0.3, 0.4) is 0 Å². The Morgan fingerprint density at radius 2 is 1.41 bits per heavy atom. The third-order valence-electron chi connectivity index (χ3n) is 4.01. The van der Waals surface area contributed by atoms with Gasteiger partial charge >= 0.3 is 11.9 Å². The van der Waals surface area contributed by atoms with Gasteiger partial charge in [-0.15, -0.1) is 0 Å². The van der Waals surface area contributed by atoms with E-state index in [1.165, 1.54) is 0 Å². The summed E-state index contributed by atoms with van der Waals surface area (Å²) in [6, 6.07) is 0. The number of esters is 2. The van der Waals surface area contributed by atoms with Crippen molar-refractivity contribution in [3.8, 4) is 0 Å². The zero-order valence-electron chi connectivity index (χ0n) is 14.4. The Hall–Kier alpha value is -1.78. The second-order valence-corrected chi connectivity index (χ2v) is 5.51. The van der Waals surface area contributed by atoms with Gasteiger partial charge in [-0.3, -0.25) is 0 Å². The molecule has 1 unspecified atom stereocenters. The number of dihydropyridines is 1. The molecule has 1 N–H and O–H groups in total. The lowest BCUT2D eigenvalue weighted by atomic mass is 9.76. The fourth-order valence-electron chi connectivity index (χ4n) is 2.81. The highest BCUT2D eigenvalue weighted by molar-refractivity contribution is 5.97. The molecule has 0 aromatic rings. The number of allylic oxidation sites excluding steroid dienone is 2. The van der Waals surface area contributed by atoms with E-state index >= 15 is 0 Å². The van der Waals surface area contributed by atoms with Crippen molar-refractivity contribution >= 4 is 11.9 Å². The number of ether oxygens (including phenoxy) is 2. The maximum Gasteiger partial charge on any atom is 0.336 e. The first kappa shape index (κ1) is 18.3. The summed E-state index contributed by atoms with van der Waals surface area (Å²) in [5.41, 5.74) is 2.55. The molecule has 0 aliphatic carbocycles. The molecule has 0 radical (unpaired) electrons. The first-order chi connectivity index (χ1) is 10.4. The molecule has 0 aromatic carbocycles. The van der Waals surface area contributed by atoms with Crippen molar-refractivity contribution in [2.75, 3.05) is 13.2 Å². The molecule has 5 heteroatoms. The van der Waals surface area contributed by atoms with Gasteiger partial charge < -0.3 is 14.8 Å². The van der Waals surface area contributed by atoms with Crippen LogP contribution in [-0.2, 0) is 19.1 Å². The number of carbonyl (C=O) groups excluding carboxylic acids is 2. The van der Waals surface area contributed by atoms with Gasteiger partial charge in [0.2, 0.25) is 0 Å². The number of nitrogens with one attached hydrogen (secondary N) is 1. The van der Waals surface area contributed by atoms with E-state index in [0.717, 1.165) is 17.8 Å². The molecule has 0 fully saturated rings. The predicted octanol–water partition coefficient (Wildman–Crippen LogP) is 2.93. The summed E-state index contributed by atoms with van der Waals surface area (Å²) in [6.45, 7) is 11.9. The average molecular weight is 309 g/mol. The molecule has 22 heavy (non-hydrogen) atoms. The van der Waals surface area contributed by atoms with Crippen LogP contribution in [0, 0.1) is 11.8 Å². The second-order valence-electron chi connectivity index (χ2n) is 5.51. The maximum atomic E-state index is 12.4. The number of hydrogen-bond acceptors (Lipinski definition) is 5. The minimum absolute atomic E-state index is 0.130. The summed E-state index contributed by atoms with van der Waals surface area (Å²) in [6.07, 6.45) is 0.844. The van der Waals surface area contributed by atoms with E-state index in [1.807, 2.05) is 27.7 Å². The molecule has 0 saturated heterocycles. The van der Waals surface area contributed by atoms with Crippen LogP contribution in [0.5, 0.6) is 0 Å². The standard InChI is InChI=1S/C17H27NO4/c1-7-10(4)13-14(16(19)21-8-2)11(5)18-12(6)15(13)17(20)22-9-3/h10,13,18H,7-9H2,1-6H3. The molecule has 0 aromatic heterocycles. The van der Waals surface area contributed by atoms with E-state index in [9.17, 15) is 9.59 Å². The Morgan fingerprint density at radius 1 is 1.00 bits per heavy atom. The molecule has 0 amide bonds. The van der Waals surface area contributed by atoms with E-state index in [4.69, 9.17) is 9.47 Å². The van der Waals surface area contributed by atoms with Gasteiger partial charge in [0.15, 0.2) is 0 Å². The normalized spacial score (nSPS) is 17.2. The minimum atomic E-state index is -0.368. The quantitative estimate of drug-likeness (QED) is 0.764. The molecular weight excluding hydrogens is 282 g/mol. The van der Waals surface area contributed by atoms with Gasteiger partial charge in [-0.25, -0.2) is 9.59 Å². The number of rotatable bonds is 6. The molecular formula is C17H27NO4. The Labute approximate surface area is 132 Å². The third kappa shape index (κ3) is 3.70. The Bertz CT molecular complexity index is 465. The minimum Gasteiger partial charge on any atom is -0.463 e. The van der Waals surface area contributed by atoms with E-state index in [2.05, 4.69) is 5.32 Å². The van der Waals surface area contributed by atoms with E-state index in [1.54, 1.807) is 13.8 Å². The summed E-state index contributed by atoms with van der Waals surface area (Å²) in [5.74, 6) is -0.908. The zero-order chi connectivity index (χ0) is 16.9. The topological polar surface area (TPSA) is 64.6 Å². The van der Waals surface area contributed by atoms with Gasteiger partial charge in [0.05, 0.1) is 24.4 Å². The fraction of sp³-hybridized carbons (Fsp3) is 0.647. The van der Waals surface area contributed by atoms with E-state index in [0.29, 0.717) is 24.4 Å². The lowest BCUT2D eigenvalue weighted by Gasteiger charge is -2.33. The molecule has 1 aliphatic rings. The van der Waals surface area contributed by atoms with Gasteiger partial charge in [-0.2, -0.15) is 0 Å². The molecule has 0 bridgehead atoms. The highest BCUT2D eigenvalue weighted by atomic mass is 16.5. The van der Waals surface area contributed by atoms with Crippen LogP contribution in [0.15, 0.2) is 22.5 Å². The van der Waals surface area contributed by atoms with Crippen LogP contribution in [-0.4, -0.2) is 25.2 Å². The highest BCUT2D eigenvalue weighted by Crippen LogP contribution is 2.37. The lowest BCUT2D eigenvalue weighted by molar-refractivity contribution is -0.140. The average Bonchev–Trinajstić information content (AvgIpc) is 2.45. The molecule has 5 nitrogen and oxygen atoms in total. The van der Waals surface area contributed by atoms with Crippen LogP contribution in [0.2, 0.25) is 0 Å². The van der Waals surface area contributed by atoms with Gasteiger partial charge in [0.25, 0.3) is 0 Å². The summed E-state index contributed by atoms with van der Waals surface area (Å²) >= 11 is 0. The first-order valence-electron chi connectivity index (χ1n) is 7.91. The number of carbonyl (C=O) groups is 2. The van der Waals surface area contributed by atoms with Crippen LogP contribution < -0.4 is 5.32 Å². The van der Waals surface area contributed by atoms with Crippen molar-refractivity contribution in [3.05, 3.63) is 22.5 Å². The smallest absolute Gasteiger partial charge is 0.336 e. The zero-order valence-corrected chi connectivity index (χ0v) is 14.4. The molecule has 124 valence electrons. The summed E-state index contributed by atoms with van der Waals surface area (Å²) in [7, 11) is 0. The largest absolute Gasteiger partial charge is 0.463 e. The molecule has 1 atom stereocenters. The lowest BCUT2D eigenvalue weighted by Crippen LogP contribution is -2.36. The first-order valence-corrected chi connectivity index (χ1v) is 7.91. The van der Waals surface area contributed by atoms with Gasteiger partial charge in [-0.05, 0) is 33.6 Å². The van der Waals surface area contributed by atoms with Crippen LogP contribution in [0.1, 0.15) is 48.0 Å². The Kier molecular flexibility index (Phi) is 6.65. The van der Waals surface area contributed by atoms with Crippen molar-refractivity contribution < 1.29 is 19.1 Å². The Morgan fingerprint density at radius 3 is 1.73 bits per heavy atom. The van der Waals surface area contributed by atoms with Crippen molar-refractivity contribution in [2.45, 2.75) is 48.0 Å². The molecule has 1 heterocycles. The fourth-order valence-corrected chi connectivity index (χ4v) is 2.81. The van der Waals surface area contributed by atoms with Gasteiger partial charge in [0, 0.05) is 17.3 Å². The van der Waals surface area contributed by atoms with Gasteiger partial charge in [0.1, 0.15) is 0 Å². The summed E-state index contributed by atoms with van der Waals surface area (Å²) < 4.78 is 10.4. The Balaban J connectivity index is 3.34. The van der Waals surface area contributed by atoms with Crippen LogP contribution in [0.4, 0.5) is 0 Å². The van der Waals surface area contributed by atoms with Crippen molar-refractivity contribution in [1.29, 1.82) is 0 Å². The van der Waals surface area contributed by atoms with Crippen molar-refractivity contribution in [1.82, 2.24) is 5.32 Å². The third-order valence-corrected chi connectivity index (χ3v) is 4.01. The summed E-state index contributed by atoms with van der Waals surface area (Å²) in [4.78, 5) is 24.8. The SMILES string of the molecule is CCOC(=O)C1=C(C)NC(C)=C(C(=O)OCC)C1C(C)CC. The van der Waals surface area contributed by atoms with Crippen LogP contribution >= 0.6 is 0 Å². The summed E-state index contributed by atoms with van der Waals surface area (Å²) in [5, 5.41) is 3.12.